The molecule has 2 amide bonds. The molecular weight excluding hydrogens is 407 g/mol. The van der Waals surface area contributed by atoms with Gasteiger partial charge in [-0.25, -0.2) is 4.39 Å². The molecule has 1 aliphatic rings. The minimum Gasteiger partial charge on any atom is -0.483 e. The highest BCUT2D eigenvalue weighted by molar-refractivity contribution is 5.88. The first-order chi connectivity index (χ1) is 15.3. The average molecular weight is 441 g/mol. The molecule has 2 aromatic rings. The molecule has 0 spiro atoms. The summed E-state index contributed by atoms with van der Waals surface area (Å²) in [5.41, 5.74) is 2.82. The molecule has 0 aliphatic heterocycles. The predicted molar refractivity (Wildman–Crippen MR) is 123 cm³/mol. The number of halogens is 1. The van der Waals surface area contributed by atoms with Crippen molar-refractivity contribution in [1.29, 1.82) is 0 Å². The molecule has 1 saturated carbocycles. The normalized spacial score (nSPS) is 15.1. The van der Waals surface area contributed by atoms with E-state index in [4.69, 9.17) is 4.74 Å². The second kappa shape index (κ2) is 11.1. The molecule has 1 atom stereocenters. The Balaban J connectivity index is 1.72. The summed E-state index contributed by atoms with van der Waals surface area (Å²) in [6.45, 7) is 5.70. The minimum absolute atomic E-state index is 0.160. The van der Waals surface area contributed by atoms with Crippen LogP contribution in [-0.4, -0.2) is 35.4 Å². The molecule has 1 aliphatic carbocycles. The number of aryl methyl sites for hydroxylation is 1. The lowest BCUT2D eigenvalue weighted by molar-refractivity contribution is -0.142. The Bertz CT molecular complexity index is 923. The fourth-order valence-corrected chi connectivity index (χ4v) is 4.04. The maximum atomic E-state index is 13.3. The van der Waals surface area contributed by atoms with Gasteiger partial charge < -0.3 is 15.0 Å². The maximum absolute atomic E-state index is 13.3. The van der Waals surface area contributed by atoms with Gasteiger partial charge in [-0.15, -0.1) is 0 Å². The van der Waals surface area contributed by atoms with E-state index in [0.717, 1.165) is 42.4 Å². The Hall–Kier alpha value is -2.89. The van der Waals surface area contributed by atoms with Crippen LogP contribution in [-0.2, 0) is 16.1 Å². The quantitative estimate of drug-likeness (QED) is 0.648. The number of carbonyl (C=O) groups is 2. The van der Waals surface area contributed by atoms with Crippen molar-refractivity contribution in [2.75, 3.05) is 6.61 Å². The zero-order valence-corrected chi connectivity index (χ0v) is 19.2. The maximum Gasteiger partial charge on any atom is 0.261 e. The molecule has 32 heavy (non-hydrogen) atoms. The van der Waals surface area contributed by atoms with E-state index in [2.05, 4.69) is 5.32 Å². The Morgan fingerprint density at radius 1 is 1.09 bits per heavy atom. The number of hydrogen-bond acceptors (Lipinski definition) is 3. The number of nitrogens with zero attached hydrogens (tertiary/aromatic N) is 1. The van der Waals surface area contributed by atoms with Gasteiger partial charge in [0.15, 0.2) is 6.61 Å². The van der Waals surface area contributed by atoms with E-state index in [1.54, 1.807) is 19.1 Å². The number of benzene rings is 2. The number of rotatable bonds is 8. The second-order valence-electron chi connectivity index (χ2n) is 8.65. The van der Waals surface area contributed by atoms with Crippen LogP contribution in [0.5, 0.6) is 5.75 Å². The summed E-state index contributed by atoms with van der Waals surface area (Å²) >= 11 is 0. The van der Waals surface area contributed by atoms with Crippen molar-refractivity contribution in [2.24, 2.45) is 0 Å². The SMILES string of the molecule is Cc1cccc(OCC(=O)N(Cc2ccc(F)cc2)[C@H](C)C(=O)NC2CCCCC2)c1C. The number of carbonyl (C=O) groups excluding carboxylic acids is 2. The predicted octanol–water partition coefficient (Wildman–Crippen LogP) is 4.69. The van der Waals surface area contributed by atoms with Crippen LogP contribution in [0.4, 0.5) is 4.39 Å². The van der Waals surface area contributed by atoms with E-state index in [1.807, 2.05) is 32.0 Å². The topological polar surface area (TPSA) is 58.6 Å². The lowest BCUT2D eigenvalue weighted by atomic mass is 9.95. The summed E-state index contributed by atoms with van der Waals surface area (Å²) in [5.74, 6) is -0.145. The van der Waals surface area contributed by atoms with Crippen LogP contribution < -0.4 is 10.1 Å². The van der Waals surface area contributed by atoms with Gasteiger partial charge in [-0.1, -0.05) is 43.5 Å². The molecule has 172 valence electrons. The molecule has 5 nitrogen and oxygen atoms in total. The first kappa shape index (κ1) is 23.8. The van der Waals surface area contributed by atoms with Crippen LogP contribution in [0.15, 0.2) is 42.5 Å². The van der Waals surface area contributed by atoms with Gasteiger partial charge in [0.2, 0.25) is 5.91 Å². The van der Waals surface area contributed by atoms with Crippen LogP contribution >= 0.6 is 0 Å². The van der Waals surface area contributed by atoms with Crippen LogP contribution in [0.2, 0.25) is 0 Å². The summed E-state index contributed by atoms with van der Waals surface area (Å²) in [6.07, 6.45) is 5.37. The van der Waals surface area contributed by atoms with Crippen LogP contribution in [0.1, 0.15) is 55.7 Å². The van der Waals surface area contributed by atoms with Crippen LogP contribution in [0.3, 0.4) is 0 Å². The molecule has 2 aromatic carbocycles. The number of ether oxygens (including phenoxy) is 1. The van der Waals surface area contributed by atoms with Gasteiger partial charge >= 0.3 is 0 Å². The van der Waals surface area contributed by atoms with Gasteiger partial charge in [-0.3, -0.25) is 9.59 Å². The second-order valence-corrected chi connectivity index (χ2v) is 8.65. The first-order valence-electron chi connectivity index (χ1n) is 11.4. The third kappa shape index (κ3) is 6.31. The number of hydrogen-bond donors (Lipinski definition) is 1. The molecule has 0 aromatic heterocycles. The van der Waals surface area contributed by atoms with E-state index in [-0.39, 0.29) is 36.8 Å². The van der Waals surface area contributed by atoms with Crippen molar-refractivity contribution in [3.05, 3.63) is 65.0 Å². The highest BCUT2D eigenvalue weighted by Gasteiger charge is 2.28. The third-order valence-corrected chi connectivity index (χ3v) is 6.29. The molecule has 0 radical (unpaired) electrons. The summed E-state index contributed by atoms with van der Waals surface area (Å²) in [6, 6.07) is 11.2. The zero-order valence-electron chi connectivity index (χ0n) is 19.2. The fourth-order valence-electron chi connectivity index (χ4n) is 4.04. The first-order valence-corrected chi connectivity index (χ1v) is 11.4. The Kier molecular flexibility index (Phi) is 8.26. The van der Waals surface area contributed by atoms with Crippen molar-refractivity contribution in [3.63, 3.8) is 0 Å². The lowest BCUT2D eigenvalue weighted by Gasteiger charge is -2.31. The Morgan fingerprint density at radius 3 is 2.47 bits per heavy atom. The monoisotopic (exact) mass is 440 g/mol. The zero-order chi connectivity index (χ0) is 23.1. The van der Waals surface area contributed by atoms with E-state index in [9.17, 15) is 14.0 Å². The van der Waals surface area contributed by atoms with Crippen molar-refractivity contribution in [1.82, 2.24) is 10.2 Å². The molecule has 0 bridgehead atoms. The van der Waals surface area contributed by atoms with Gasteiger partial charge in [0.05, 0.1) is 0 Å². The van der Waals surface area contributed by atoms with E-state index in [0.29, 0.717) is 5.75 Å². The molecule has 6 heteroatoms. The van der Waals surface area contributed by atoms with Crippen molar-refractivity contribution < 1.29 is 18.7 Å². The fraction of sp³-hybridized carbons (Fsp3) is 0.462. The van der Waals surface area contributed by atoms with Gasteiger partial charge in [0, 0.05) is 12.6 Å². The highest BCUT2D eigenvalue weighted by Crippen LogP contribution is 2.21. The summed E-state index contributed by atoms with van der Waals surface area (Å²) in [4.78, 5) is 27.6. The van der Waals surface area contributed by atoms with Crippen LogP contribution in [0.25, 0.3) is 0 Å². The van der Waals surface area contributed by atoms with Gasteiger partial charge in [-0.2, -0.15) is 0 Å². The molecule has 3 rings (SSSR count). The van der Waals surface area contributed by atoms with E-state index < -0.39 is 6.04 Å². The molecule has 1 N–H and O–H groups in total. The standard InChI is InChI=1S/C26H33FN2O3/c1-18-8-7-11-24(19(18)2)32-17-25(30)29(16-21-12-14-22(27)15-13-21)20(3)26(31)28-23-9-5-4-6-10-23/h7-8,11-15,20,23H,4-6,9-10,16-17H2,1-3H3,(H,28,31)/t20-/m1/s1. The molecular formula is C26H33FN2O3. The van der Waals surface area contributed by atoms with Crippen LogP contribution in [0, 0.1) is 19.7 Å². The number of nitrogens with one attached hydrogen (secondary N) is 1. The Labute approximate surface area is 190 Å². The summed E-state index contributed by atoms with van der Waals surface area (Å²) in [7, 11) is 0. The summed E-state index contributed by atoms with van der Waals surface area (Å²) in [5, 5.41) is 3.11. The largest absolute Gasteiger partial charge is 0.483 e. The van der Waals surface area contributed by atoms with Gasteiger partial charge in [0.1, 0.15) is 17.6 Å². The molecule has 0 saturated heterocycles. The smallest absolute Gasteiger partial charge is 0.261 e. The summed E-state index contributed by atoms with van der Waals surface area (Å²) < 4.78 is 19.2. The average Bonchev–Trinajstić information content (AvgIpc) is 2.79. The van der Waals surface area contributed by atoms with E-state index in [1.165, 1.54) is 23.5 Å². The molecule has 0 heterocycles. The third-order valence-electron chi connectivity index (χ3n) is 6.29. The van der Waals surface area contributed by atoms with Gasteiger partial charge in [0.25, 0.3) is 5.91 Å². The van der Waals surface area contributed by atoms with E-state index >= 15 is 0 Å². The lowest BCUT2D eigenvalue weighted by Crippen LogP contribution is -2.51. The molecule has 1 fully saturated rings. The van der Waals surface area contributed by atoms with Crippen molar-refractivity contribution in [3.8, 4) is 5.75 Å². The van der Waals surface area contributed by atoms with Crippen molar-refractivity contribution >= 4 is 11.8 Å². The number of amides is 2. The molecule has 0 unspecified atom stereocenters. The Morgan fingerprint density at radius 2 is 1.78 bits per heavy atom. The van der Waals surface area contributed by atoms with Gasteiger partial charge in [-0.05, 0) is 68.5 Å². The highest BCUT2D eigenvalue weighted by atomic mass is 19.1. The van der Waals surface area contributed by atoms with Crippen molar-refractivity contribution in [2.45, 2.75) is 71.5 Å². The minimum atomic E-state index is -0.670.